The summed E-state index contributed by atoms with van der Waals surface area (Å²) in [5, 5.41) is 3.97. The van der Waals surface area contributed by atoms with Crippen molar-refractivity contribution >= 4 is 56.4 Å². The van der Waals surface area contributed by atoms with Gasteiger partial charge in [0.25, 0.3) is 5.91 Å². The van der Waals surface area contributed by atoms with Gasteiger partial charge >= 0.3 is 10.1 Å². The number of hydrazone groups is 1. The Balaban J connectivity index is 1.82. The molecule has 0 aliphatic rings. The highest BCUT2D eigenvalue weighted by atomic mass is 127. The molecule has 0 saturated heterocycles. The lowest BCUT2D eigenvalue weighted by atomic mass is 10.2. The molecule has 0 radical (unpaired) electrons. The van der Waals surface area contributed by atoms with Crippen LogP contribution in [0.2, 0.25) is 5.02 Å². The van der Waals surface area contributed by atoms with Gasteiger partial charge in [0.05, 0.1) is 17.8 Å². The number of rotatable bonds is 8. The van der Waals surface area contributed by atoms with E-state index in [1.807, 2.05) is 13.0 Å². The third-order valence-electron chi connectivity index (χ3n) is 4.30. The maximum absolute atomic E-state index is 12.7. The fourth-order valence-corrected chi connectivity index (χ4v) is 4.53. The van der Waals surface area contributed by atoms with E-state index in [4.69, 9.17) is 20.5 Å². The zero-order chi connectivity index (χ0) is 24.0. The van der Waals surface area contributed by atoms with E-state index >= 15 is 0 Å². The molecule has 0 heterocycles. The topological polar surface area (TPSA) is 94.1 Å². The molecule has 0 atom stereocenters. The van der Waals surface area contributed by atoms with Gasteiger partial charge in [0.15, 0.2) is 5.75 Å². The summed E-state index contributed by atoms with van der Waals surface area (Å²) in [4.78, 5) is 12.2. The number of carbonyl (C=O) groups is 1. The van der Waals surface area contributed by atoms with Gasteiger partial charge in [-0.25, -0.2) is 5.43 Å². The molecule has 0 unspecified atom stereocenters. The molecule has 1 N–H and O–H groups in total. The molecule has 0 aromatic heterocycles. The Morgan fingerprint density at radius 2 is 1.88 bits per heavy atom. The van der Waals surface area contributed by atoms with Crippen LogP contribution in [-0.2, 0) is 10.1 Å². The Bertz CT molecular complexity index is 1290. The van der Waals surface area contributed by atoms with Gasteiger partial charge in [-0.1, -0.05) is 35.4 Å². The molecule has 7 nitrogen and oxygen atoms in total. The number of benzene rings is 3. The Kier molecular flexibility index (Phi) is 8.33. The summed E-state index contributed by atoms with van der Waals surface area (Å²) >= 11 is 8.44. The van der Waals surface area contributed by atoms with Crippen molar-refractivity contribution in [2.24, 2.45) is 5.10 Å². The Hall–Kier alpha value is -2.63. The van der Waals surface area contributed by atoms with Gasteiger partial charge in [0.1, 0.15) is 4.90 Å². The first-order valence-electron chi connectivity index (χ1n) is 9.76. The first-order valence-corrected chi connectivity index (χ1v) is 12.6. The van der Waals surface area contributed by atoms with E-state index in [9.17, 15) is 13.2 Å². The van der Waals surface area contributed by atoms with Crippen molar-refractivity contribution in [3.05, 3.63) is 85.9 Å². The summed E-state index contributed by atoms with van der Waals surface area (Å²) < 4.78 is 37.2. The number of ether oxygens (including phenoxy) is 1. The maximum Gasteiger partial charge on any atom is 0.339 e. The zero-order valence-electron chi connectivity index (χ0n) is 17.7. The highest BCUT2D eigenvalue weighted by Gasteiger charge is 2.22. The molecule has 0 spiro atoms. The first-order chi connectivity index (χ1) is 15.7. The molecule has 0 bridgehead atoms. The summed E-state index contributed by atoms with van der Waals surface area (Å²) in [5.41, 5.74) is 4.30. The number of halogens is 2. The maximum atomic E-state index is 12.7. The van der Waals surface area contributed by atoms with E-state index in [0.717, 1.165) is 9.13 Å². The minimum Gasteiger partial charge on any atom is -0.490 e. The van der Waals surface area contributed by atoms with Crippen LogP contribution in [0.15, 0.2) is 70.7 Å². The van der Waals surface area contributed by atoms with Crippen LogP contribution in [0.5, 0.6) is 11.5 Å². The third-order valence-corrected chi connectivity index (χ3v) is 6.49. The second-order valence-corrected chi connectivity index (χ2v) is 10.0. The van der Waals surface area contributed by atoms with Crippen LogP contribution in [0.25, 0.3) is 0 Å². The molecule has 0 aliphatic heterocycles. The van der Waals surface area contributed by atoms with E-state index in [0.29, 0.717) is 11.1 Å². The number of hydrogen-bond acceptors (Lipinski definition) is 6. The molecule has 3 aromatic carbocycles. The van der Waals surface area contributed by atoms with Gasteiger partial charge in [-0.3, -0.25) is 4.79 Å². The quantitative estimate of drug-likeness (QED) is 0.167. The van der Waals surface area contributed by atoms with Gasteiger partial charge in [0, 0.05) is 9.13 Å². The molecule has 172 valence electrons. The fourth-order valence-electron chi connectivity index (χ4n) is 2.73. The van der Waals surface area contributed by atoms with Gasteiger partial charge < -0.3 is 8.92 Å². The standard InChI is InChI=1S/C23H20ClIN2O5S/c1-3-31-21-12-16(14-26-27-23(28)17-5-4-6-18(25)13-17)11-20(24)22(21)32-33(29,30)19-9-7-15(2)8-10-19/h4-14H,3H2,1-2H3,(H,27,28)/b26-14-. The second kappa shape index (κ2) is 11.0. The summed E-state index contributed by atoms with van der Waals surface area (Å²) in [5.74, 6) is -0.366. The van der Waals surface area contributed by atoms with Crippen molar-refractivity contribution in [1.29, 1.82) is 0 Å². The summed E-state index contributed by atoms with van der Waals surface area (Å²) in [6, 6.07) is 16.3. The Morgan fingerprint density at radius 3 is 2.55 bits per heavy atom. The Morgan fingerprint density at radius 1 is 1.15 bits per heavy atom. The average molecular weight is 599 g/mol. The molecule has 33 heavy (non-hydrogen) atoms. The van der Waals surface area contributed by atoms with Gasteiger partial charge in [-0.2, -0.15) is 13.5 Å². The predicted octanol–water partition coefficient (Wildman–Crippen LogP) is 5.18. The monoisotopic (exact) mass is 598 g/mol. The van der Waals surface area contributed by atoms with Crippen LogP contribution in [0.4, 0.5) is 0 Å². The van der Waals surface area contributed by atoms with Crippen LogP contribution in [0.3, 0.4) is 0 Å². The average Bonchev–Trinajstić information content (AvgIpc) is 2.76. The van der Waals surface area contributed by atoms with E-state index < -0.39 is 10.1 Å². The molecular weight excluding hydrogens is 579 g/mol. The zero-order valence-corrected chi connectivity index (χ0v) is 21.4. The van der Waals surface area contributed by atoms with Crippen LogP contribution >= 0.6 is 34.2 Å². The van der Waals surface area contributed by atoms with Crippen molar-refractivity contribution in [3.8, 4) is 11.5 Å². The lowest BCUT2D eigenvalue weighted by Gasteiger charge is -2.14. The molecule has 0 saturated carbocycles. The van der Waals surface area contributed by atoms with Crippen molar-refractivity contribution in [2.45, 2.75) is 18.7 Å². The van der Waals surface area contributed by atoms with Crippen molar-refractivity contribution < 1.29 is 22.1 Å². The predicted molar refractivity (Wildman–Crippen MR) is 136 cm³/mol. The Labute approximate surface area is 211 Å². The van der Waals surface area contributed by atoms with E-state index in [1.54, 1.807) is 37.3 Å². The normalized spacial score (nSPS) is 11.4. The molecule has 0 aliphatic carbocycles. The van der Waals surface area contributed by atoms with Crippen molar-refractivity contribution in [2.75, 3.05) is 6.61 Å². The van der Waals surface area contributed by atoms with Gasteiger partial charge in [0.2, 0.25) is 5.75 Å². The molecule has 0 fully saturated rings. The van der Waals surface area contributed by atoms with Gasteiger partial charge in [-0.15, -0.1) is 0 Å². The van der Waals surface area contributed by atoms with Crippen LogP contribution in [0, 0.1) is 10.5 Å². The smallest absolute Gasteiger partial charge is 0.339 e. The minimum absolute atomic E-state index is 0.00413. The number of amides is 1. The molecule has 3 aromatic rings. The molecular formula is C23H20ClIN2O5S. The van der Waals surface area contributed by atoms with E-state index in [1.165, 1.54) is 30.5 Å². The number of hydrogen-bond donors (Lipinski definition) is 1. The van der Waals surface area contributed by atoms with Gasteiger partial charge in [-0.05, 0) is 84.5 Å². The third kappa shape index (κ3) is 6.68. The van der Waals surface area contributed by atoms with Crippen LogP contribution in [0.1, 0.15) is 28.4 Å². The number of aryl methyl sites for hydroxylation is 1. The summed E-state index contributed by atoms with van der Waals surface area (Å²) in [7, 11) is -4.12. The fraction of sp³-hybridized carbons (Fsp3) is 0.130. The number of carbonyl (C=O) groups excluding carboxylic acids is 1. The summed E-state index contributed by atoms with van der Waals surface area (Å²) in [6.45, 7) is 3.85. The lowest BCUT2D eigenvalue weighted by molar-refractivity contribution is 0.0955. The second-order valence-electron chi connectivity index (χ2n) is 6.82. The highest BCUT2D eigenvalue weighted by molar-refractivity contribution is 14.1. The molecule has 3 rings (SSSR count). The van der Waals surface area contributed by atoms with E-state index in [2.05, 4.69) is 33.1 Å². The molecule has 1 amide bonds. The largest absolute Gasteiger partial charge is 0.490 e. The SMILES string of the molecule is CCOc1cc(/C=N\NC(=O)c2cccc(I)c2)cc(Cl)c1OS(=O)(=O)c1ccc(C)cc1. The highest BCUT2D eigenvalue weighted by Crippen LogP contribution is 2.38. The molecule has 10 heteroatoms. The number of nitrogens with zero attached hydrogens (tertiary/aromatic N) is 1. The first kappa shape index (κ1) is 25.0. The number of nitrogens with one attached hydrogen (secondary N) is 1. The van der Waals surface area contributed by atoms with Crippen LogP contribution in [-0.4, -0.2) is 27.1 Å². The van der Waals surface area contributed by atoms with Crippen molar-refractivity contribution in [1.82, 2.24) is 5.43 Å². The van der Waals surface area contributed by atoms with E-state index in [-0.39, 0.29) is 33.9 Å². The van der Waals surface area contributed by atoms with Crippen molar-refractivity contribution in [3.63, 3.8) is 0 Å². The summed E-state index contributed by atoms with van der Waals surface area (Å²) in [6.07, 6.45) is 1.37. The van der Waals surface area contributed by atoms with Crippen LogP contribution < -0.4 is 14.3 Å². The minimum atomic E-state index is -4.12. The lowest BCUT2D eigenvalue weighted by Crippen LogP contribution is -2.17.